The lowest BCUT2D eigenvalue weighted by Crippen LogP contribution is -1.92. The van der Waals surface area contributed by atoms with Gasteiger partial charge in [0.05, 0.1) is 17.4 Å². The fraction of sp³-hybridized carbons (Fsp3) is 0. The number of rotatable bonds is 3. The van der Waals surface area contributed by atoms with Crippen molar-refractivity contribution in [3.05, 3.63) is 60.6 Å². The molecule has 0 fully saturated rings. The number of hydrogen-bond acceptors (Lipinski definition) is 3. The number of benzene rings is 1. The van der Waals surface area contributed by atoms with Gasteiger partial charge in [0.1, 0.15) is 5.76 Å². The summed E-state index contributed by atoms with van der Waals surface area (Å²) in [5.74, 6) is -0.677. The van der Waals surface area contributed by atoms with Gasteiger partial charge in [-0.15, -0.1) is 0 Å². The summed E-state index contributed by atoms with van der Waals surface area (Å²) < 4.78 is 6.93. The summed E-state index contributed by atoms with van der Waals surface area (Å²) in [7, 11) is 0. The van der Waals surface area contributed by atoms with Crippen LogP contribution >= 0.6 is 0 Å². The van der Waals surface area contributed by atoms with Crippen molar-refractivity contribution < 1.29 is 14.3 Å². The van der Waals surface area contributed by atoms with Crippen LogP contribution in [0.1, 0.15) is 10.6 Å². The molecular weight excluding hydrogens is 244 g/mol. The third kappa shape index (κ3) is 2.13. The van der Waals surface area contributed by atoms with Crippen LogP contribution in [0, 0.1) is 0 Å². The summed E-state index contributed by atoms with van der Waals surface area (Å²) in [6, 6.07) is 12.7. The summed E-state index contributed by atoms with van der Waals surface area (Å²) in [6.45, 7) is 0. The van der Waals surface area contributed by atoms with Crippen molar-refractivity contribution in [2.75, 3.05) is 0 Å². The molecule has 5 nitrogen and oxygen atoms in total. The molecule has 0 spiro atoms. The van der Waals surface area contributed by atoms with Crippen LogP contribution in [0.15, 0.2) is 59.3 Å². The summed E-state index contributed by atoms with van der Waals surface area (Å²) in [4.78, 5) is 10.8. The van der Waals surface area contributed by atoms with Gasteiger partial charge in [0, 0.05) is 6.20 Å². The van der Waals surface area contributed by atoms with Crippen LogP contribution in [0.2, 0.25) is 0 Å². The van der Waals surface area contributed by atoms with Crippen molar-refractivity contribution in [1.29, 1.82) is 0 Å². The Bertz CT molecular complexity index is 713. The zero-order valence-electron chi connectivity index (χ0n) is 9.85. The molecule has 1 N–H and O–H groups in total. The normalized spacial score (nSPS) is 10.5. The van der Waals surface area contributed by atoms with Crippen LogP contribution in [-0.2, 0) is 0 Å². The van der Waals surface area contributed by atoms with E-state index in [1.807, 2.05) is 30.3 Å². The third-order valence-electron chi connectivity index (χ3n) is 2.70. The molecule has 0 amide bonds. The van der Waals surface area contributed by atoms with Gasteiger partial charge in [0.2, 0.25) is 5.76 Å². The van der Waals surface area contributed by atoms with E-state index in [0.717, 1.165) is 11.3 Å². The lowest BCUT2D eigenvalue weighted by molar-refractivity contribution is 0.0663. The molecule has 0 saturated carbocycles. The average Bonchev–Trinajstić information content (AvgIpc) is 3.09. The quantitative estimate of drug-likeness (QED) is 0.780. The van der Waals surface area contributed by atoms with E-state index in [2.05, 4.69) is 5.10 Å². The molecule has 0 aliphatic rings. The largest absolute Gasteiger partial charge is 0.475 e. The van der Waals surface area contributed by atoms with Gasteiger partial charge in [-0.2, -0.15) is 5.10 Å². The minimum atomic E-state index is -1.08. The zero-order valence-corrected chi connectivity index (χ0v) is 9.85. The second-order valence-corrected chi connectivity index (χ2v) is 3.98. The standard InChI is InChI=1S/C14H10N2O3/c17-14(18)13-7-6-12(19-13)10-8-15-16(9-10)11-4-2-1-3-5-11/h1-9H,(H,17,18). The van der Waals surface area contributed by atoms with Gasteiger partial charge in [-0.25, -0.2) is 9.48 Å². The highest BCUT2D eigenvalue weighted by Gasteiger charge is 2.11. The molecular formula is C14H10N2O3. The SMILES string of the molecule is O=C(O)c1ccc(-c2cnn(-c3ccccc3)c2)o1. The van der Waals surface area contributed by atoms with Crippen LogP contribution in [0.3, 0.4) is 0 Å². The van der Waals surface area contributed by atoms with Gasteiger partial charge in [0.25, 0.3) is 0 Å². The highest BCUT2D eigenvalue weighted by atomic mass is 16.4. The van der Waals surface area contributed by atoms with Gasteiger partial charge in [0.15, 0.2) is 0 Å². The Kier molecular flexibility index (Phi) is 2.64. The number of aromatic nitrogens is 2. The Morgan fingerprint density at radius 3 is 2.63 bits per heavy atom. The Hall–Kier alpha value is -2.82. The number of hydrogen-bond donors (Lipinski definition) is 1. The predicted octanol–water partition coefficient (Wildman–Crippen LogP) is 2.83. The monoisotopic (exact) mass is 254 g/mol. The molecule has 0 saturated heterocycles. The lowest BCUT2D eigenvalue weighted by Gasteiger charge is -1.98. The molecule has 3 rings (SSSR count). The first kappa shape index (κ1) is 11.3. The smallest absolute Gasteiger partial charge is 0.371 e. The van der Waals surface area contributed by atoms with Crippen LogP contribution in [-0.4, -0.2) is 20.9 Å². The van der Waals surface area contributed by atoms with Gasteiger partial charge < -0.3 is 9.52 Å². The lowest BCUT2D eigenvalue weighted by atomic mass is 10.3. The topological polar surface area (TPSA) is 68.3 Å². The molecule has 0 atom stereocenters. The first-order valence-corrected chi connectivity index (χ1v) is 5.67. The minimum Gasteiger partial charge on any atom is -0.475 e. The minimum absolute atomic E-state index is 0.0811. The second-order valence-electron chi connectivity index (χ2n) is 3.98. The molecule has 5 heteroatoms. The van der Waals surface area contributed by atoms with Crippen molar-refractivity contribution >= 4 is 5.97 Å². The van der Waals surface area contributed by atoms with E-state index in [9.17, 15) is 4.79 Å². The first-order chi connectivity index (χ1) is 9.24. The zero-order chi connectivity index (χ0) is 13.2. The van der Waals surface area contributed by atoms with Gasteiger partial charge in [-0.05, 0) is 24.3 Å². The molecule has 0 aliphatic carbocycles. The Labute approximate surface area is 108 Å². The van der Waals surface area contributed by atoms with Crippen molar-refractivity contribution in [2.45, 2.75) is 0 Å². The summed E-state index contributed by atoms with van der Waals surface area (Å²) in [5, 5.41) is 13.0. The Morgan fingerprint density at radius 2 is 1.95 bits per heavy atom. The average molecular weight is 254 g/mol. The van der Waals surface area contributed by atoms with Crippen molar-refractivity contribution in [3.8, 4) is 17.0 Å². The third-order valence-corrected chi connectivity index (χ3v) is 2.70. The van der Waals surface area contributed by atoms with E-state index in [0.29, 0.717) is 5.76 Å². The fourth-order valence-corrected chi connectivity index (χ4v) is 1.78. The Morgan fingerprint density at radius 1 is 1.16 bits per heavy atom. The summed E-state index contributed by atoms with van der Waals surface area (Å²) in [5.41, 5.74) is 1.66. The number of carbonyl (C=O) groups is 1. The van der Waals surface area contributed by atoms with Crippen LogP contribution in [0.4, 0.5) is 0 Å². The number of furan rings is 1. The molecule has 1 aromatic carbocycles. The maximum atomic E-state index is 10.8. The van der Waals surface area contributed by atoms with Gasteiger partial charge >= 0.3 is 5.97 Å². The van der Waals surface area contributed by atoms with E-state index in [-0.39, 0.29) is 5.76 Å². The predicted molar refractivity (Wildman–Crippen MR) is 68.2 cm³/mol. The van der Waals surface area contributed by atoms with E-state index < -0.39 is 5.97 Å². The highest BCUT2D eigenvalue weighted by molar-refractivity contribution is 5.85. The molecule has 0 aliphatic heterocycles. The number of para-hydroxylation sites is 1. The fourth-order valence-electron chi connectivity index (χ4n) is 1.78. The van der Waals surface area contributed by atoms with Crippen LogP contribution in [0.5, 0.6) is 0 Å². The van der Waals surface area contributed by atoms with E-state index >= 15 is 0 Å². The highest BCUT2D eigenvalue weighted by Crippen LogP contribution is 2.22. The molecule has 0 unspecified atom stereocenters. The number of carboxylic acid groups (broad SMARTS) is 1. The number of carboxylic acids is 1. The van der Waals surface area contributed by atoms with Crippen molar-refractivity contribution in [3.63, 3.8) is 0 Å². The molecule has 2 aromatic heterocycles. The van der Waals surface area contributed by atoms with Gasteiger partial charge in [-0.3, -0.25) is 0 Å². The molecule has 94 valence electrons. The van der Waals surface area contributed by atoms with E-state index in [1.54, 1.807) is 23.1 Å². The number of aromatic carboxylic acids is 1. The van der Waals surface area contributed by atoms with Gasteiger partial charge in [-0.1, -0.05) is 18.2 Å². The first-order valence-electron chi connectivity index (χ1n) is 5.67. The van der Waals surface area contributed by atoms with Crippen molar-refractivity contribution in [2.24, 2.45) is 0 Å². The van der Waals surface area contributed by atoms with Crippen LogP contribution in [0.25, 0.3) is 17.0 Å². The number of nitrogens with zero attached hydrogens (tertiary/aromatic N) is 2. The molecule has 19 heavy (non-hydrogen) atoms. The molecule has 0 bridgehead atoms. The molecule has 0 radical (unpaired) electrons. The van der Waals surface area contributed by atoms with Crippen molar-refractivity contribution in [1.82, 2.24) is 9.78 Å². The second kappa shape index (κ2) is 4.45. The molecule has 2 heterocycles. The summed E-state index contributed by atoms with van der Waals surface area (Å²) >= 11 is 0. The Balaban J connectivity index is 1.94. The maximum absolute atomic E-state index is 10.8. The van der Waals surface area contributed by atoms with E-state index in [1.165, 1.54) is 6.07 Å². The van der Waals surface area contributed by atoms with Crippen LogP contribution < -0.4 is 0 Å². The van der Waals surface area contributed by atoms with E-state index in [4.69, 9.17) is 9.52 Å². The summed E-state index contributed by atoms with van der Waals surface area (Å²) in [6.07, 6.45) is 3.43. The maximum Gasteiger partial charge on any atom is 0.371 e. The molecule has 3 aromatic rings.